The number of hydrogen-bond donors (Lipinski definition) is 2. The van der Waals surface area contributed by atoms with Gasteiger partial charge in [0.25, 0.3) is 0 Å². The van der Waals surface area contributed by atoms with Crippen LogP contribution in [0.25, 0.3) is 0 Å². The van der Waals surface area contributed by atoms with Gasteiger partial charge in [0, 0.05) is 0 Å². The van der Waals surface area contributed by atoms with Crippen molar-refractivity contribution in [2.24, 2.45) is 0 Å². The molecule has 9 heteroatoms. The zero-order chi connectivity index (χ0) is 17.1. The lowest BCUT2D eigenvalue weighted by Crippen LogP contribution is -2.05. The first-order valence-electron chi connectivity index (χ1n) is 6.66. The van der Waals surface area contributed by atoms with E-state index in [4.69, 9.17) is 0 Å². The highest BCUT2D eigenvalue weighted by Gasteiger charge is 2.14. The highest BCUT2D eigenvalue weighted by atomic mass is 19.2. The third kappa shape index (κ3) is 3.24. The molecular formula is C15H9F4N5. The van der Waals surface area contributed by atoms with Crippen molar-refractivity contribution in [2.45, 2.75) is 0 Å². The Labute approximate surface area is 133 Å². The van der Waals surface area contributed by atoms with Gasteiger partial charge in [-0.25, -0.2) is 17.6 Å². The van der Waals surface area contributed by atoms with Gasteiger partial charge in [0.2, 0.25) is 5.95 Å². The van der Waals surface area contributed by atoms with E-state index in [9.17, 15) is 17.6 Å². The smallest absolute Gasteiger partial charge is 0.249 e. The van der Waals surface area contributed by atoms with Crippen molar-refractivity contribution in [2.75, 3.05) is 10.6 Å². The zero-order valence-corrected chi connectivity index (χ0v) is 11.9. The number of rotatable bonds is 4. The van der Waals surface area contributed by atoms with Gasteiger partial charge < -0.3 is 10.6 Å². The van der Waals surface area contributed by atoms with Gasteiger partial charge in [-0.15, -0.1) is 5.10 Å². The molecule has 3 rings (SSSR count). The van der Waals surface area contributed by atoms with E-state index in [1.165, 1.54) is 18.2 Å². The molecule has 24 heavy (non-hydrogen) atoms. The Morgan fingerprint density at radius 3 is 2.33 bits per heavy atom. The first kappa shape index (κ1) is 15.7. The third-order valence-electron chi connectivity index (χ3n) is 2.98. The first-order chi connectivity index (χ1) is 11.5. The Hall–Kier alpha value is -3.23. The van der Waals surface area contributed by atoms with E-state index in [-0.39, 0.29) is 23.1 Å². The maximum Gasteiger partial charge on any atom is 0.249 e. The van der Waals surface area contributed by atoms with E-state index < -0.39 is 23.3 Å². The molecule has 0 spiro atoms. The molecule has 0 saturated carbocycles. The molecule has 3 aromatic rings. The summed E-state index contributed by atoms with van der Waals surface area (Å²) in [4.78, 5) is 3.95. The highest BCUT2D eigenvalue weighted by molar-refractivity contribution is 5.59. The average molecular weight is 335 g/mol. The topological polar surface area (TPSA) is 62.7 Å². The van der Waals surface area contributed by atoms with Crippen LogP contribution in [0.4, 0.5) is 40.7 Å². The van der Waals surface area contributed by atoms with Crippen LogP contribution >= 0.6 is 0 Å². The van der Waals surface area contributed by atoms with Crippen LogP contribution in [0.15, 0.2) is 42.6 Å². The molecule has 0 bridgehead atoms. The van der Waals surface area contributed by atoms with Crippen LogP contribution in [-0.4, -0.2) is 15.2 Å². The van der Waals surface area contributed by atoms with Gasteiger partial charge in [0.05, 0.1) is 17.6 Å². The van der Waals surface area contributed by atoms with E-state index in [2.05, 4.69) is 25.8 Å². The van der Waals surface area contributed by atoms with Crippen LogP contribution in [0.1, 0.15) is 0 Å². The summed E-state index contributed by atoms with van der Waals surface area (Å²) in [5, 5.41) is 12.3. The van der Waals surface area contributed by atoms with E-state index in [0.717, 1.165) is 18.3 Å². The first-order valence-corrected chi connectivity index (χ1v) is 6.66. The van der Waals surface area contributed by atoms with E-state index in [1.54, 1.807) is 6.07 Å². The number of nitrogens with one attached hydrogen (secondary N) is 2. The van der Waals surface area contributed by atoms with Gasteiger partial charge in [-0.3, -0.25) is 0 Å². The standard InChI is InChI=1S/C15H9F4N5/c16-8-3-1-2-4-10(8)22-15-23-12(7-20-24-15)21-11-6-5-9(17)13(18)14(11)19/h1-7H,(H2,21,22,23,24). The van der Waals surface area contributed by atoms with Crippen molar-refractivity contribution in [1.82, 2.24) is 15.2 Å². The van der Waals surface area contributed by atoms with Crippen molar-refractivity contribution in [1.29, 1.82) is 0 Å². The zero-order valence-electron chi connectivity index (χ0n) is 11.9. The maximum atomic E-state index is 13.6. The molecule has 0 unspecified atom stereocenters. The fourth-order valence-corrected chi connectivity index (χ4v) is 1.86. The number of nitrogens with zero attached hydrogens (tertiary/aromatic N) is 3. The Bertz CT molecular complexity index is 887. The van der Waals surface area contributed by atoms with Gasteiger partial charge in [-0.1, -0.05) is 12.1 Å². The van der Waals surface area contributed by atoms with Crippen molar-refractivity contribution in [3.8, 4) is 0 Å². The number of para-hydroxylation sites is 1. The second-order valence-electron chi connectivity index (χ2n) is 4.62. The lowest BCUT2D eigenvalue weighted by atomic mass is 10.3. The summed E-state index contributed by atoms with van der Waals surface area (Å²) in [6.45, 7) is 0. The second-order valence-corrected chi connectivity index (χ2v) is 4.62. The molecule has 0 fully saturated rings. The number of anilines is 4. The number of hydrogen-bond acceptors (Lipinski definition) is 5. The lowest BCUT2D eigenvalue weighted by molar-refractivity contribution is 0.449. The molecule has 1 aromatic heterocycles. The Morgan fingerprint density at radius 1 is 0.750 bits per heavy atom. The number of halogens is 4. The summed E-state index contributed by atoms with van der Waals surface area (Å²) in [7, 11) is 0. The molecular weight excluding hydrogens is 326 g/mol. The molecule has 2 N–H and O–H groups in total. The van der Waals surface area contributed by atoms with E-state index in [1.807, 2.05) is 0 Å². The molecule has 0 amide bonds. The van der Waals surface area contributed by atoms with Gasteiger partial charge in [0.1, 0.15) is 5.82 Å². The number of benzene rings is 2. The lowest BCUT2D eigenvalue weighted by Gasteiger charge is -2.09. The monoisotopic (exact) mass is 335 g/mol. The summed E-state index contributed by atoms with van der Waals surface area (Å²) in [6, 6.07) is 7.62. The molecule has 0 aliphatic carbocycles. The summed E-state index contributed by atoms with van der Waals surface area (Å²) < 4.78 is 53.3. The van der Waals surface area contributed by atoms with Gasteiger partial charge >= 0.3 is 0 Å². The van der Waals surface area contributed by atoms with Crippen molar-refractivity contribution >= 4 is 23.1 Å². The molecule has 0 radical (unpaired) electrons. The predicted octanol–water partition coefficient (Wildman–Crippen LogP) is 3.92. The molecule has 0 aliphatic rings. The fraction of sp³-hybridized carbons (Fsp3) is 0. The molecule has 122 valence electrons. The minimum absolute atomic E-state index is 0.00810. The minimum atomic E-state index is -1.60. The molecule has 0 atom stereocenters. The predicted molar refractivity (Wildman–Crippen MR) is 79.1 cm³/mol. The molecule has 5 nitrogen and oxygen atoms in total. The summed E-state index contributed by atoms with van der Waals surface area (Å²) in [5.74, 6) is -4.88. The van der Waals surface area contributed by atoms with Crippen LogP contribution in [-0.2, 0) is 0 Å². The summed E-state index contributed by atoms with van der Waals surface area (Å²) >= 11 is 0. The molecule has 0 saturated heterocycles. The Morgan fingerprint density at radius 2 is 1.54 bits per heavy atom. The Kier molecular flexibility index (Phi) is 4.23. The largest absolute Gasteiger partial charge is 0.336 e. The Balaban J connectivity index is 1.84. The maximum absolute atomic E-state index is 13.6. The number of aromatic nitrogens is 3. The second kappa shape index (κ2) is 6.49. The SMILES string of the molecule is Fc1ccccc1Nc1nncc(Nc2ccc(F)c(F)c2F)n1. The van der Waals surface area contributed by atoms with Crippen LogP contribution < -0.4 is 10.6 Å². The normalized spacial score (nSPS) is 10.5. The van der Waals surface area contributed by atoms with Crippen molar-refractivity contribution in [3.05, 3.63) is 65.9 Å². The molecule has 0 aliphatic heterocycles. The van der Waals surface area contributed by atoms with Crippen molar-refractivity contribution in [3.63, 3.8) is 0 Å². The average Bonchev–Trinajstić information content (AvgIpc) is 2.58. The third-order valence-corrected chi connectivity index (χ3v) is 2.98. The van der Waals surface area contributed by atoms with Gasteiger partial charge in [0.15, 0.2) is 23.3 Å². The van der Waals surface area contributed by atoms with E-state index >= 15 is 0 Å². The molecule has 1 heterocycles. The quantitative estimate of drug-likeness (QED) is 0.559. The summed E-state index contributed by atoms with van der Waals surface area (Å²) in [5.41, 5.74) is -0.207. The van der Waals surface area contributed by atoms with Crippen LogP contribution in [0.5, 0.6) is 0 Å². The highest BCUT2D eigenvalue weighted by Crippen LogP contribution is 2.23. The fourth-order valence-electron chi connectivity index (χ4n) is 1.86. The van der Waals surface area contributed by atoms with Crippen molar-refractivity contribution < 1.29 is 17.6 Å². The van der Waals surface area contributed by atoms with Crippen LogP contribution in [0, 0.1) is 23.3 Å². The van der Waals surface area contributed by atoms with Crippen LogP contribution in [0.2, 0.25) is 0 Å². The van der Waals surface area contributed by atoms with Gasteiger partial charge in [-0.05, 0) is 24.3 Å². The minimum Gasteiger partial charge on any atom is -0.336 e. The van der Waals surface area contributed by atoms with Gasteiger partial charge in [-0.2, -0.15) is 10.1 Å². The molecule has 2 aromatic carbocycles. The van der Waals surface area contributed by atoms with Crippen LogP contribution in [0.3, 0.4) is 0 Å². The van der Waals surface area contributed by atoms with E-state index in [0.29, 0.717) is 0 Å². The summed E-state index contributed by atoms with van der Waals surface area (Å²) in [6.07, 6.45) is 1.15.